The second-order valence-corrected chi connectivity index (χ2v) is 9.41. The van der Waals surface area contributed by atoms with Crippen molar-refractivity contribution in [2.45, 2.75) is 18.5 Å². The van der Waals surface area contributed by atoms with E-state index >= 15 is 0 Å². The maximum absolute atomic E-state index is 12.6. The van der Waals surface area contributed by atoms with Crippen LogP contribution in [0.2, 0.25) is 5.02 Å². The van der Waals surface area contributed by atoms with Crippen molar-refractivity contribution >= 4 is 50.9 Å². The minimum absolute atomic E-state index is 0.105. The van der Waals surface area contributed by atoms with Gasteiger partial charge in [-0.25, -0.2) is 0 Å². The molecule has 1 heterocycles. The molecule has 1 N–H and O–H groups in total. The number of benzene rings is 3. The molecule has 0 unspecified atom stereocenters. The van der Waals surface area contributed by atoms with Gasteiger partial charge in [0.2, 0.25) is 5.91 Å². The van der Waals surface area contributed by atoms with Crippen LogP contribution in [-0.4, -0.2) is 26.4 Å². The van der Waals surface area contributed by atoms with Gasteiger partial charge in [0.05, 0.1) is 5.75 Å². The molecule has 8 heteroatoms. The summed E-state index contributed by atoms with van der Waals surface area (Å²) in [6, 6.07) is 23.3. The molecule has 0 aliphatic rings. The van der Waals surface area contributed by atoms with Gasteiger partial charge in [-0.2, -0.15) is 0 Å². The molecule has 0 atom stereocenters. The fourth-order valence-electron chi connectivity index (χ4n) is 3.19. The first-order valence-electron chi connectivity index (χ1n) is 9.92. The Morgan fingerprint density at radius 2 is 1.81 bits per heavy atom. The van der Waals surface area contributed by atoms with Crippen LogP contribution in [0.15, 0.2) is 82.4 Å². The Balaban J connectivity index is 1.54. The molecule has 0 aliphatic carbocycles. The molecule has 0 fully saturated rings. The van der Waals surface area contributed by atoms with E-state index in [4.69, 9.17) is 11.6 Å². The predicted molar refractivity (Wildman–Crippen MR) is 134 cm³/mol. The number of carbonyl (C=O) groups excluding carboxylic acids is 1. The number of anilines is 1. The zero-order valence-electron chi connectivity index (χ0n) is 17.3. The Bertz CT molecular complexity index is 1230. The summed E-state index contributed by atoms with van der Waals surface area (Å²) in [7, 11) is 0. The quantitative estimate of drug-likeness (QED) is 0.286. The van der Waals surface area contributed by atoms with E-state index in [1.807, 2.05) is 72.2 Å². The lowest BCUT2D eigenvalue weighted by atomic mass is 10.1. The number of carbonyl (C=O) groups is 1. The summed E-state index contributed by atoms with van der Waals surface area (Å²) in [5, 5.41) is 13.0. The van der Waals surface area contributed by atoms with Crippen molar-refractivity contribution in [3.05, 3.63) is 99.2 Å². The summed E-state index contributed by atoms with van der Waals surface area (Å²) < 4.78 is 2.98. The number of rotatable bonds is 7. The first-order valence-corrected chi connectivity index (χ1v) is 12.1. The Kier molecular flexibility index (Phi) is 7.29. The molecule has 1 amide bonds. The monoisotopic (exact) mass is 526 g/mol. The largest absolute Gasteiger partial charge is 0.325 e. The highest BCUT2D eigenvalue weighted by atomic mass is 79.9. The summed E-state index contributed by atoms with van der Waals surface area (Å²) >= 11 is 10.9. The van der Waals surface area contributed by atoms with E-state index in [-0.39, 0.29) is 11.7 Å². The van der Waals surface area contributed by atoms with Crippen molar-refractivity contribution in [1.29, 1.82) is 0 Å². The first-order chi connectivity index (χ1) is 15.5. The zero-order chi connectivity index (χ0) is 22.5. The maximum atomic E-state index is 12.6. The van der Waals surface area contributed by atoms with Crippen molar-refractivity contribution < 1.29 is 4.79 Å². The fraction of sp³-hybridized carbons (Fsp3) is 0.125. The van der Waals surface area contributed by atoms with Crippen LogP contribution >= 0.6 is 39.3 Å². The summed E-state index contributed by atoms with van der Waals surface area (Å²) in [5.41, 5.74) is 3.86. The number of amides is 1. The number of aryl methyl sites for hydroxylation is 1. The van der Waals surface area contributed by atoms with Crippen molar-refractivity contribution in [2.24, 2.45) is 0 Å². The van der Waals surface area contributed by atoms with Crippen LogP contribution in [0.5, 0.6) is 0 Å². The SMILES string of the molecule is Cc1cc(NC(=O)CSc2nnc(Cc3ccccc3)n2-c2ccc(Cl)cc2)ccc1Br. The molecular weight excluding hydrogens is 508 g/mol. The van der Waals surface area contributed by atoms with Crippen LogP contribution < -0.4 is 5.32 Å². The third-order valence-corrected chi connectivity index (χ3v) is 6.84. The summed E-state index contributed by atoms with van der Waals surface area (Å²) in [4.78, 5) is 12.6. The Morgan fingerprint density at radius 1 is 1.06 bits per heavy atom. The summed E-state index contributed by atoms with van der Waals surface area (Å²) in [6.07, 6.45) is 0.626. The molecule has 0 saturated heterocycles. The van der Waals surface area contributed by atoms with E-state index in [9.17, 15) is 4.79 Å². The molecule has 5 nitrogen and oxygen atoms in total. The average molecular weight is 528 g/mol. The number of aromatic nitrogens is 3. The van der Waals surface area contributed by atoms with E-state index in [0.717, 1.165) is 32.8 Å². The molecule has 0 radical (unpaired) electrons. The van der Waals surface area contributed by atoms with Crippen LogP contribution in [0.1, 0.15) is 17.0 Å². The average Bonchev–Trinajstić information content (AvgIpc) is 3.18. The van der Waals surface area contributed by atoms with Gasteiger partial charge in [-0.15, -0.1) is 10.2 Å². The number of thioether (sulfide) groups is 1. The van der Waals surface area contributed by atoms with Gasteiger partial charge < -0.3 is 5.32 Å². The lowest BCUT2D eigenvalue weighted by molar-refractivity contribution is -0.113. The Hall–Kier alpha value is -2.61. The van der Waals surface area contributed by atoms with Gasteiger partial charge in [-0.05, 0) is 60.5 Å². The molecule has 0 bridgehead atoms. The Labute approximate surface area is 204 Å². The molecule has 32 heavy (non-hydrogen) atoms. The summed E-state index contributed by atoms with van der Waals surface area (Å²) in [6.45, 7) is 1.98. The molecular formula is C24H20BrClN4OS. The van der Waals surface area contributed by atoms with E-state index in [0.29, 0.717) is 16.6 Å². The molecule has 0 saturated carbocycles. The lowest BCUT2D eigenvalue weighted by Crippen LogP contribution is -2.14. The second-order valence-electron chi connectivity index (χ2n) is 7.17. The minimum atomic E-state index is -0.105. The summed E-state index contributed by atoms with van der Waals surface area (Å²) in [5.74, 6) is 0.906. The van der Waals surface area contributed by atoms with Crippen LogP contribution in [-0.2, 0) is 11.2 Å². The number of nitrogens with one attached hydrogen (secondary N) is 1. The van der Waals surface area contributed by atoms with Gasteiger partial charge in [-0.3, -0.25) is 9.36 Å². The molecule has 3 aromatic carbocycles. The van der Waals surface area contributed by atoms with Crippen LogP contribution in [0.25, 0.3) is 5.69 Å². The maximum Gasteiger partial charge on any atom is 0.234 e. The molecule has 4 aromatic rings. The van der Waals surface area contributed by atoms with Gasteiger partial charge in [0.1, 0.15) is 5.82 Å². The van der Waals surface area contributed by atoms with E-state index in [1.165, 1.54) is 11.8 Å². The number of hydrogen-bond donors (Lipinski definition) is 1. The lowest BCUT2D eigenvalue weighted by Gasteiger charge is -2.11. The first kappa shape index (κ1) is 22.6. The van der Waals surface area contributed by atoms with E-state index in [2.05, 4.69) is 43.6 Å². The predicted octanol–water partition coefficient (Wildman–Crippen LogP) is 6.31. The van der Waals surface area contributed by atoms with Crippen LogP contribution in [0.3, 0.4) is 0 Å². The van der Waals surface area contributed by atoms with E-state index < -0.39 is 0 Å². The van der Waals surface area contributed by atoms with Crippen molar-refractivity contribution in [1.82, 2.24) is 14.8 Å². The molecule has 0 aliphatic heterocycles. The van der Waals surface area contributed by atoms with Crippen molar-refractivity contribution in [3.63, 3.8) is 0 Å². The highest BCUT2D eigenvalue weighted by Crippen LogP contribution is 2.25. The van der Waals surface area contributed by atoms with Crippen molar-refractivity contribution in [3.8, 4) is 5.69 Å². The van der Waals surface area contributed by atoms with Crippen LogP contribution in [0, 0.1) is 6.92 Å². The van der Waals surface area contributed by atoms with Gasteiger partial charge in [-0.1, -0.05) is 69.6 Å². The molecule has 4 rings (SSSR count). The minimum Gasteiger partial charge on any atom is -0.325 e. The van der Waals surface area contributed by atoms with Gasteiger partial charge in [0.15, 0.2) is 5.16 Å². The highest BCUT2D eigenvalue weighted by molar-refractivity contribution is 9.10. The third kappa shape index (κ3) is 5.59. The highest BCUT2D eigenvalue weighted by Gasteiger charge is 2.16. The fourth-order valence-corrected chi connectivity index (χ4v) is 4.33. The topological polar surface area (TPSA) is 59.8 Å². The second kappa shape index (κ2) is 10.3. The molecule has 0 spiro atoms. The normalized spacial score (nSPS) is 10.8. The Morgan fingerprint density at radius 3 is 2.53 bits per heavy atom. The van der Waals surface area contributed by atoms with Gasteiger partial charge in [0, 0.05) is 27.3 Å². The molecule has 1 aromatic heterocycles. The van der Waals surface area contributed by atoms with Gasteiger partial charge >= 0.3 is 0 Å². The third-order valence-electron chi connectivity index (χ3n) is 4.76. The number of nitrogens with zero attached hydrogens (tertiary/aromatic N) is 3. The van der Waals surface area contributed by atoms with Crippen molar-refractivity contribution in [2.75, 3.05) is 11.1 Å². The van der Waals surface area contributed by atoms with Crippen LogP contribution in [0.4, 0.5) is 5.69 Å². The zero-order valence-corrected chi connectivity index (χ0v) is 20.4. The number of hydrogen-bond acceptors (Lipinski definition) is 4. The molecule has 162 valence electrons. The van der Waals surface area contributed by atoms with E-state index in [1.54, 1.807) is 0 Å². The smallest absolute Gasteiger partial charge is 0.234 e. The standard InChI is InChI=1S/C24H20BrClN4OS/c1-16-13-19(9-12-21(16)25)27-23(31)15-32-24-29-28-22(14-17-5-3-2-4-6-17)30(24)20-10-7-18(26)8-11-20/h2-13H,14-15H2,1H3,(H,27,31). The number of halogens is 2. The van der Waals surface area contributed by atoms with Gasteiger partial charge in [0.25, 0.3) is 0 Å².